The molecule has 2 aliphatic heterocycles. The summed E-state index contributed by atoms with van der Waals surface area (Å²) in [7, 11) is -1.37. The second-order valence-corrected chi connectivity index (χ2v) is 21.4. The Bertz CT molecular complexity index is 2250. The topological polar surface area (TPSA) is 221 Å². The summed E-state index contributed by atoms with van der Waals surface area (Å²) in [5.74, 6) is -6.14. The number of aliphatic hydroxyl groups is 1. The molecule has 7 rings (SSSR count). The first-order chi connectivity index (χ1) is 31.3. The first kappa shape index (κ1) is 50.2. The lowest BCUT2D eigenvalue weighted by Crippen LogP contribution is -2.82. The van der Waals surface area contributed by atoms with E-state index in [9.17, 15) is 34.2 Å². The Balaban J connectivity index is 1.44. The Labute approximate surface area is 393 Å². The van der Waals surface area contributed by atoms with Crippen molar-refractivity contribution < 1.29 is 76.5 Å². The molecule has 12 atom stereocenters. The quantitative estimate of drug-likeness (QED) is 0.103. The van der Waals surface area contributed by atoms with Crippen molar-refractivity contribution in [2.24, 2.45) is 16.7 Å². The van der Waals surface area contributed by atoms with Gasteiger partial charge >= 0.3 is 30.0 Å². The van der Waals surface area contributed by atoms with E-state index in [1.54, 1.807) is 123 Å². The summed E-state index contributed by atoms with van der Waals surface area (Å²) < 4.78 is 57.7. The molecule has 1 amide bonds. The second-order valence-electron chi connectivity index (χ2n) is 20.5. The summed E-state index contributed by atoms with van der Waals surface area (Å²) in [6.45, 7) is 18.0. The number of benzene rings is 2. The maximum Gasteiger partial charge on any atom is 0.408 e. The van der Waals surface area contributed by atoms with Gasteiger partial charge in [-0.15, -0.1) is 0 Å². The monoisotopic (exact) mass is 951 g/mol. The van der Waals surface area contributed by atoms with Gasteiger partial charge < -0.3 is 57.9 Å². The van der Waals surface area contributed by atoms with Crippen molar-refractivity contribution in [3.8, 4) is 0 Å². The van der Waals surface area contributed by atoms with Gasteiger partial charge in [0.2, 0.25) is 0 Å². The van der Waals surface area contributed by atoms with Gasteiger partial charge in [0.05, 0.1) is 36.3 Å². The fraction of sp³-hybridized carbons (Fsp3) is 0.612. The molecule has 4 fully saturated rings. The molecule has 17 nitrogen and oxygen atoms in total. The molecular formula is C49H65NO16Si. The second kappa shape index (κ2) is 18.3. The van der Waals surface area contributed by atoms with Crippen LogP contribution in [0, 0.1) is 16.7 Å². The molecule has 2 saturated heterocycles. The summed E-state index contributed by atoms with van der Waals surface area (Å²) in [5.41, 5.74) is -5.81. The van der Waals surface area contributed by atoms with E-state index < -0.39 is 134 Å². The fourth-order valence-corrected chi connectivity index (χ4v) is 12.1. The summed E-state index contributed by atoms with van der Waals surface area (Å²) in [5, 5.41) is 26.9. The number of ether oxygens (including phenoxy) is 8. The van der Waals surface area contributed by atoms with Crippen LogP contribution in [0.2, 0.25) is 6.55 Å². The molecule has 366 valence electrons. The van der Waals surface area contributed by atoms with Gasteiger partial charge in [-0.2, -0.15) is 0 Å². The number of carbonyl (C=O) groups excluding carboxylic acids is 4. The standard InChI is InChI=1S/C49H65NO16Si/c1-26-30(60-42(55)37(66-67-11)35(28-18-14-12-15-19-28)50-43(56)65-44(3,4)5)23-49(57)40(61-41(54)29-20-16-13-17-21-29)38-47(10,39-36(34(26)45(49,6)7)63-46(8,9)64-39)31(58-24-33(52)53)22-32-48(38,25-59-32)62-27(2)51/h12-21,30-32,35-40,57H,22-25,67H2,1-11H3,(H,50,56)(H,52,53)/t30?,31?,32?,35?,36?,37?,38?,39?,40?,47-,48?,49?/m1/s1. The van der Waals surface area contributed by atoms with Gasteiger partial charge in [-0.1, -0.05) is 75.8 Å². The lowest BCUT2D eigenvalue weighted by atomic mass is 9.44. The average molecular weight is 952 g/mol. The van der Waals surface area contributed by atoms with Gasteiger partial charge in [0.1, 0.15) is 42.2 Å². The summed E-state index contributed by atoms with van der Waals surface area (Å²) in [6, 6.07) is 15.9. The summed E-state index contributed by atoms with van der Waals surface area (Å²) in [4.78, 5) is 68.5. The lowest BCUT2D eigenvalue weighted by Gasteiger charge is -2.69. The van der Waals surface area contributed by atoms with Crippen molar-refractivity contribution in [3.05, 3.63) is 82.9 Å². The highest BCUT2D eigenvalue weighted by Gasteiger charge is 2.79. The van der Waals surface area contributed by atoms with Gasteiger partial charge in [-0.25, -0.2) is 19.2 Å². The number of fused-ring (bicyclic) bond motifs is 8. The maximum absolute atomic E-state index is 15.0. The minimum atomic E-state index is -2.20. The fourth-order valence-electron chi connectivity index (χ4n) is 11.4. The average Bonchev–Trinajstić information content (AvgIpc) is 3.56. The Morgan fingerprint density at radius 2 is 1.58 bits per heavy atom. The third kappa shape index (κ3) is 9.17. The largest absolute Gasteiger partial charge is 0.480 e. The zero-order valence-corrected chi connectivity index (χ0v) is 41.5. The predicted molar refractivity (Wildman–Crippen MR) is 241 cm³/mol. The van der Waals surface area contributed by atoms with Crippen LogP contribution >= 0.6 is 0 Å². The predicted octanol–water partition coefficient (Wildman–Crippen LogP) is 5.11. The van der Waals surface area contributed by atoms with Crippen LogP contribution in [0.25, 0.3) is 0 Å². The molecule has 67 heavy (non-hydrogen) atoms. The van der Waals surface area contributed by atoms with E-state index in [0.717, 1.165) is 0 Å². The van der Waals surface area contributed by atoms with Gasteiger partial charge in [0.25, 0.3) is 0 Å². The molecule has 11 unspecified atom stereocenters. The molecule has 3 aliphatic carbocycles. The summed E-state index contributed by atoms with van der Waals surface area (Å²) >= 11 is 0. The Hall–Kier alpha value is -4.69. The van der Waals surface area contributed by atoms with Crippen molar-refractivity contribution in [2.45, 2.75) is 160 Å². The molecule has 2 bridgehead atoms. The van der Waals surface area contributed by atoms with Crippen LogP contribution in [0.4, 0.5) is 4.79 Å². The van der Waals surface area contributed by atoms with Crippen molar-refractivity contribution in [1.29, 1.82) is 0 Å². The molecule has 2 aromatic rings. The minimum absolute atomic E-state index is 0.0437. The van der Waals surface area contributed by atoms with E-state index in [0.29, 0.717) is 16.7 Å². The van der Waals surface area contributed by atoms with Crippen LogP contribution in [0.5, 0.6) is 0 Å². The van der Waals surface area contributed by atoms with Crippen molar-refractivity contribution in [3.63, 3.8) is 0 Å². The van der Waals surface area contributed by atoms with Crippen molar-refractivity contribution in [1.82, 2.24) is 5.32 Å². The molecule has 18 heteroatoms. The first-order valence-electron chi connectivity index (χ1n) is 22.9. The Kier molecular flexibility index (Phi) is 13.7. The number of carboxylic acid groups (broad SMARTS) is 1. The lowest BCUT2D eigenvalue weighted by molar-refractivity contribution is -0.365. The first-order valence-corrected chi connectivity index (χ1v) is 24.8. The Morgan fingerprint density at radius 1 is 0.940 bits per heavy atom. The number of carboxylic acids is 1. The van der Waals surface area contributed by atoms with E-state index in [2.05, 4.69) is 5.32 Å². The highest BCUT2D eigenvalue weighted by atomic mass is 28.2. The smallest absolute Gasteiger partial charge is 0.408 e. The zero-order valence-electron chi connectivity index (χ0n) is 40.1. The number of nitrogens with one attached hydrogen (secondary N) is 1. The minimum Gasteiger partial charge on any atom is -0.480 e. The molecule has 5 aliphatic rings. The van der Waals surface area contributed by atoms with E-state index in [4.69, 9.17) is 42.3 Å². The number of aliphatic carboxylic acids is 1. The SMILES string of the molecule is C[SiH2]OC(C(=O)OC1CC2(O)C(OC(=O)c3ccccc3)C3C4(OC(C)=O)COC4CC(OCC(=O)O)[C@@]3(C)C3OC(C)(C)OC3C(=C1C)C2(C)C)C(NC(=O)OC(C)(C)C)c1ccccc1. The van der Waals surface area contributed by atoms with Crippen molar-refractivity contribution >= 4 is 39.7 Å². The third-order valence-corrected chi connectivity index (χ3v) is 14.9. The molecule has 2 saturated carbocycles. The number of esters is 3. The number of hydrogen-bond acceptors (Lipinski definition) is 15. The van der Waals surface area contributed by atoms with Crippen LogP contribution in [-0.4, -0.2) is 128 Å². The van der Waals surface area contributed by atoms with Gasteiger partial charge in [-0.3, -0.25) is 4.79 Å². The number of alkyl carbamates (subject to hydrolysis) is 1. The zero-order chi connectivity index (χ0) is 49.1. The third-order valence-electron chi connectivity index (χ3n) is 14.3. The number of carbonyl (C=O) groups is 5. The molecule has 0 spiro atoms. The van der Waals surface area contributed by atoms with E-state index >= 15 is 0 Å². The molecular weight excluding hydrogens is 887 g/mol. The van der Waals surface area contributed by atoms with E-state index in [1.165, 1.54) is 6.92 Å². The van der Waals surface area contributed by atoms with Crippen LogP contribution in [-0.2, 0) is 56.7 Å². The maximum atomic E-state index is 15.0. The van der Waals surface area contributed by atoms with Gasteiger partial charge in [0.15, 0.2) is 27.3 Å². The van der Waals surface area contributed by atoms with Crippen LogP contribution in [0.15, 0.2) is 71.8 Å². The van der Waals surface area contributed by atoms with E-state index in [-0.39, 0.29) is 25.0 Å². The number of amides is 1. The number of rotatable bonds is 13. The van der Waals surface area contributed by atoms with E-state index in [1.807, 2.05) is 6.55 Å². The van der Waals surface area contributed by atoms with Crippen LogP contribution in [0.3, 0.4) is 0 Å². The van der Waals surface area contributed by atoms with Crippen LogP contribution in [0.1, 0.15) is 104 Å². The molecule has 3 N–H and O–H groups in total. The number of hydrogen-bond donors (Lipinski definition) is 3. The molecule has 0 aromatic heterocycles. The molecule has 0 radical (unpaired) electrons. The summed E-state index contributed by atoms with van der Waals surface area (Å²) in [6.07, 6.45) is -9.34. The van der Waals surface area contributed by atoms with Crippen molar-refractivity contribution in [2.75, 3.05) is 13.2 Å². The highest BCUT2D eigenvalue weighted by Crippen LogP contribution is 2.67. The van der Waals surface area contributed by atoms with Crippen LogP contribution < -0.4 is 5.32 Å². The highest BCUT2D eigenvalue weighted by molar-refractivity contribution is 6.25. The van der Waals surface area contributed by atoms with Gasteiger partial charge in [0, 0.05) is 30.6 Å². The normalized spacial score (nSPS) is 33.6. The Morgan fingerprint density at radius 3 is 2.15 bits per heavy atom. The molecule has 2 heterocycles. The molecule has 2 aromatic carbocycles. The van der Waals surface area contributed by atoms with Gasteiger partial charge in [-0.05, 0) is 70.4 Å².